The predicted octanol–water partition coefficient (Wildman–Crippen LogP) is -8.36. The van der Waals surface area contributed by atoms with E-state index >= 15 is 0 Å². The van der Waals surface area contributed by atoms with Crippen LogP contribution in [0, 0.1) is 0 Å². The first kappa shape index (κ1) is 35.8. The number of rotatable bonds is 14. The summed E-state index contributed by atoms with van der Waals surface area (Å²) >= 11 is 0. The molecule has 0 amide bonds. The minimum absolute atomic E-state index is 0.0628. The Morgan fingerprint density at radius 2 is 1.43 bits per heavy atom. The van der Waals surface area contributed by atoms with Crippen LogP contribution in [0.5, 0.6) is 0 Å². The van der Waals surface area contributed by atoms with Crippen molar-refractivity contribution in [1.29, 1.82) is 0 Å². The van der Waals surface area contributed by atoms with E-state index in [4.69, 9.17) is 41.9 Å². The van der Waals surface area contributed by atoms with Crippen LogP contribution >= 0.6 is 0 Å². The molecule has 2 saturated heterocycles. The van der Waals surface area contributed by atoms with Crippen molar-refractivity contribution < 1.29 is 59.8 Å². The lowest BCUT2D eigenvalue weighted by Gasteiger charge is -2.50. The Bertz CT molecular complexity index is 790. The van der Waals surface area contributed by atoms with Gasteiger partial charge in [0, 0.05) is 18.6 Å². The number of ether oxygens (including phenoxy) is 4. The quantitative estimate of drug-likeness (QED) is 0.0807. The van der Waals surface area contributed by atoms with Crippen molar-refractivity contribution in [3.8, 4) is 0 Å². The molecule has 15 atom stereocenters. The summed E-state index contributed by atoms with van der Waals surface area (Å²) in [5, 5.41) is 88.7. The Balaban J connectivity index is 1.86. The monoisotopic (exact) mass is 614 g/mol. The lowest BCUT2D eigenvalue weighted by Crippen LogP contribution is -2.70. The number of nitrogens with one attached hydrogen (secondary N) is 2. The molecule has 3 fully saturated rings. The summed E-state index contributed by atoms with van der Waals surface area (Å²) in [4.78, 5) is 0. The predicted molar refractivity (Wildman–Crippen MR) is 144 cm³/mol. The summed E-state index contributed by atoms with van der Waals surface area (Å²) < 4.78 is 23.6. The molecule has 18 N–H and O–H groups in total. The molecule has 42 heavy (non-hydrogen) atoms. The topological polar surface area (TPSA) is 327 Å². The van der Waals surface area contributed by atoms with Gasteiger partial charge in [-0.1, -0.05) is 0 Å². The van der Waals surface area contributed by atoms with Gasteiger partial charge >= 0.3 is 0 Å². The van der Waals surface area contributed by atoms with Gasteiger partial charge in [-0.05, 0) is 25.9 Å². The van der Waals surface area contributed by atoms with Gasteiger partial charge in [-0.3, -0.25) is 0 Å². The van der Waals surface area contributed by atoms with Gasteiger partial charge in [-0.15, -0.1) is 0 Å². The summed E-state index contributed by atoms with van der Waals surface area (Å²) in [5.41, 5.74) is 23.7. The van der Waals surface area contributed by atoms with Crippen molar-refractivity contribution in [3.63, 3.8) is 0 Å². The van der Waals surface area contributed by atoms with Gasteiger partial charge in [0.05, 0.1) is 37.9 Å². The zero-order valence-electron chi connectivity index (χ0n) is 23.4. The number of hydrogen-bond acceptors (Lipinski definition) is 18. The highest BCUT2D eigenvalue weighted by atomic mass is 16.7. The van der Waals surface area contributed by atoms with Gasteiger partial charge in [0.1, 0.15) is 54.9 Å². The van der Waals surface area contributed by atoms with Crippen molar-refractivity contribution in [2.45, 2.75) is 111 Å². The summed E-state index contributed by atoms with van der Waals surface area (Å²) in [6, 6.07) is -4.72. The normalized spacial score (nSPS) is 44.9. The van der Waals surface area contributed by atoms with Gasteiger partial charge in [-0.2, -0.15) is 0 Å². The zero-order valence-corrected chi connectivity index (χ0v) is 23.4. The van der Waals surface area contributed by atoms with E-state index in [0.29, 0.717) is 19.5 Å². The summed E-state index contributed by atoms with van der Waals surface area (Å²) in [6.07, 6.45) is -13.9. The molecule has 0 aromatic rings. The maximum atomic E-state index is 11.6. The third-order valence-electron chi connectivity index (χ3n) is 8.12. The fourth-order valence-corrected chi connectivity index (χ4v) is 5.59. The van der Waals surface area contributed by atoms with Crippen molar-refractivity contribution in [3.05, 3.63) is 0 Å². The summed E-state index contributed by atoms with van der Waals surface area (Å²) in [6.45, 7) is -0.946. The average Bonchev–Trinajstić information content (AvgIpc) is 2.98. The molecule has 0 aromatic carbocycles. The van der Waals surface area contributed by atoms with Gasteiger partial charge in [0.2, 0.25) is 0 Å². The number of aliphatic hydroxyl groups excluding tert-OH is 8. The van der Waals surface area contributed by atoms with Crippen LogP contribution in [0.25, 0.3) is 0 Å². The lowest BCUT2D eigenvalue weighted by molar-refractivity contribution is -0.321. The maximum Gasteiger partial charge on any atom is 0.186 e. The Morgan fingerprint density at radius 3 is 2.02 bits per heavy atom. The van der Waals surface area contributed by atoms with Crippen molar-refractivity contribution in [2.24, 2.45) is 22.9 Å². The first-order valence-electron chi connectivity index (χ1n) is 14.3. The molecule has 3 aliphatic rings. The number of nitrogens with two attached hydrogens (primary N) is 4. The van der Waals surface area contributed by atoms with E-state index in [1.165, 1.54) is 0 Å². The van der Waals surface area contributed by atoms with Crippen molar-refractivity contribution in [1.82, 2.24) is 10.6 Å². The third-order valence-corrected chi connectivity index (χ3v) is 8.12. The van der Waals surface area contributed by atoms with E-state index < -0.39 is 118 Å². The Kier molecular flexibility index (Phi) is 14.1. The van der Waals surface area contributed by atoms with Crippen LogP contribution in [0.4, 0.5) is 0 Å². The molecule has 1 saturated carbocycles. The van der Waals surface area contributed by atoms with Gasteiger partial charge in [0.15, 0.2) is 12.6 Å². The van der Waals surface area contributed by atoms with E-state index in [-0.39, 0.29) is 13.0 Å². The van der Waals surface area contributed by atoms with Crippen molar-refractivity contribution >= 4 is 0 Å². The molecule has 0 spiro atoms. The van der Waals surface area contributed by atoms with Crippen LogP contribution in [-0.2, 0) is 18.9 Å². The minimum Gasteiger partial charge on any atom is -0.395 e. The molecule has 18 nitrogen and oxygen atoms in total. The van der Waals surface area contributed by atoms with Gasteiger partial charge in [0.25, 0.3) is 0 Å². The maximum absolute atomic E-state index is 11.6. The number of aliphatic hydroxyl groups is 8. The Hall–Kier alpha value is -0.720. The fraction of sp³-hybridized carbons (Fsp3) is 1.00. The van der Waals surface area contributed by atoms with Crippen LogP contribution in [0.1, 0.15) is 12.8 Å². The summed E-state index contributed by atoms with van der Waals surface area (Å²) in [7, 11) is 0. The van der Waals surface area contributed by atoms with E-state index in [1.807, 2.05) is 0 Å². The first-order chi connectivity index (χ1) is 20.0. The highest BCUT2D eigenvalue weighted by Crippen LogP contribution is 2.32. The summed E-state index contributed by atoms with van der Waals surface area (Å²) in [5.74, 6) is 0. The molecule has 3 rings (SSSR count). The standard InChI is InChI=1S/C24H50N6O12/c25-2-1-3-29-15-19(37)17(35)12(5-26)39-23(15)41-21-10(27)4-11(30-9(6-31)7-32)22(20(21)38)42-24-18(36)14(28)16(34)13(8-33)40-24/h9-24,29-38H,1-8,25-28H2/t10-,11+,12+,13+,14-,15+,16+,17+,18+,19+,20-,21+,22-,23+,24+/m0/s1. The molecule has 1 aliphatic carbocycles. The van der Waals surface area contributed by atoms with Crippen LogP contribution < -0.4 is 33.6 Å². The highest BCUT2D eigenvalue weighted by Gasteiger charge is 2.52. The van der Waals surface area contributed by atoms with Gasteiger partial charge < -0.3 is 93.4 Å². The average molecular weight is 615 g/mol. The Morgan fingerprint density at radius 1 is 0.786 bits per heavy atom. The minimum atomic E-state index is -1.56. The Labute approximate surface area is 243 Å². The largest absolute Gasteiger partial charge is 0.395 e. The SMILES string of the molecule is NCCCN[C@H]1[C@@H](O[C@H]2[C@H](O)[C@@H](O[C@H]3O[C@H](CO)[C@@H](O)[C@H](N)[C@H]3O)[C@H](NC(CO)CO)C[C@@H]2N)O[C@H](CN)[C@@H](O)[C@@H]1O. The zero-order chi connectivity index (χ0) is 31.1. The highest BCUT2D eigenvalue weighted by molar-refractivity contribution is 5.03. The third kappa shape index (κ3) is 8.10. The molecule has 2 aliphatic heterocycles. The second-order valence-electron chi connectivity index (χ2n) is 11.1. The van der Waals surface area contributed by atoms with Crippen molar-refractivity contribution in [2.75, 3.05) is 39.5 Å². The first-order valence-corrected chi connectivity index (χ1v) is 14.3. The van der Waals surface area contributed by atoms with Gasteiger partial charge in [-0.25, -0.2) is 0 Å². The molecular weight excluding hydrogens is 564 g/mol. The molecule has 0 unspecified atom stereocenters. The molecule has 248 valence electrons. The van der Waals surface area contributed by atoms with Crippen LogP contribution in [0.2, 0.25) is 0 Å². The van der Waals surface area contributed by atoms with E-state index in [0.717, 1.165) is 0 Å². The molecule has 0 radical (unpaired) electrons. The molecule has 0 bridgehead atoms. The molecule has 2 heterocycles. The lowest BCUT2D eigenvalue weighted by atomic mass is 9.83. The molecule has 0 aromatic heterocycles. The van der Waals surface area contributed by atoms with Crippen LogP contribution in [0.15, 0.2) is 0 Å². The molecular formula is C24H50N6O12. The van der Waals surface area contributed by atoms with E-state index in [2.05, 4.69) is 10.6 Å². The number of hydrogen-bond donors (Lipinski definition) is 14. The fourth-order valence-electron chi connectivity index (χ4n) is 5.59. The van der Waals surface area contributed by atoms with Crippen LogP contribution in [-0.4, -0.2) is 178 Å². The van der Waals surface area contributed by atoms with E-state index in [9.17, 15) is 40.9 Å². The second kappa shape index (κ2) is 16.5. The second-order valence-corrected chi connectivity index (χ2v) is 11.1. The molecule has 18 heteroatoms. The van der Waals surface area contributed by atoms with E-state index in [1.54, 1.807) is 0 Å². The smallest absolute Gasteiger partial charge is 0.186 e. The van der Waals surface area contributed by atoms with Crippen LogP contribution in [0.3, 0.4) is 0 Å².